The fraction of sp³-hybridized carbons (Fsp3) is 0.364. The van der Waals surface area contributed by atoms with Crippen molar-refractivity contribution in [3.05, 3.63) is 34.9 Å². The highest BCUT2D eigenvalue weighted by molar-refractivity contribution is 9.09. The van der Waals surface area contributed by atoms with Crippen molar-refractivity contribution in [2.24, 2.45) is 0 Å². The van der Waals surface area contributed by atoms with Gasteiger partial charge in [-0.3, -0.25) is 4.79 Å². The van der Waals surface area contributed by atoms with Gasteiger partial charge in [-0.15, -0.1) is 0 Å². The molecule has 1 fully saturated rings. The molecule has 0 radical (unpaired) electrons. The predicted molar refractivity (Wildman–Crippen MR) is 64.7 cm³/mol. The summed E-state index contributed by atoms with van der Waals surface area (Å²) in [7, 11) is 0. The summed E-state index contributed by atoms with van der Waals surface area (Å²) in [6.07, 6.45) is 2.09. The number of alkyl halides is 1. The van der Waals surface area contributed by atoms with E-state index in [1.165, 1.54) is 0 Å². The maximum absolute atomic E-state index is 11.8. The Morgan fingerprint density at radius 2 is 2.27 bits per heavy atom. The minimum Gasteiger partial charge on any atom is -0.346 e. The SMILES string of the molecule is O=C(NC1(CBr)CC1)c1cccc(Cl)c1. The van der Waals surface area contributed by atoms with Crippen molar-refractivity contribution in [3.63, 3.8) is 0 Å². The van der Waals surface area contributed by atoms with Crippen LogP contribution in [0.5, 0.6) is 0 Å². The molecule has 2 rings (SSSR count). The standard InChI is InChI=1S/C11H11BrClNO/c12-7-11(4-5-11)14-10(15)8-2-1-3-9(13)6-8/h1-3,6H,4-5,7H2,(H,14,15). The van der Waals surface area contributed by atoms with E-state index in [0.717, 1.165) is 18.2 Å². The fourth-order valence-electron chi connectivity index (χ4n) is 1.39. The Balaban J connectivity index is 2.08. The van der Waals surface area contributed by atoms with Crippen molar-refractivity contribution in [2.75, 3.05) is 5.33 Å². The summed E-state index contributed by atoms with van der Waals surface area (Å²) in [4.78, 5) is 11.8. The summed E-state index contributed by atoms with van der Waals surface area (Å²) in [6, 6.07) is 6.99. The number of rotatable bonds is 3. The van der Waals surface area contributed by atoms with E-state index in [-0.39, 0.29) is 11.4 Å². The smallest absolute Gasteiger partial charge is 0.251 e. The molecule has 4 heteroatoms. The van der Waals surface area contributed by atoms with Crippen LogP contribution in [0.2, 0.25) is 5.02 Å². The molecule has 2 nitrogen and oxygen atoms in total. The zero-order valence-electron chi connectivity index (χ0n) is 8.09. The highest BCUT2D eigenvalue weighted by Crippen LogP contribution is 2.37. The molecule has 0 atom stereocenters. The third-order valence-electron chi connectivity index (χ3n) is 2.57. The van der Waals surface area contributed by atoms with Gasteiger partial charge in [0.2, 0.25) is 0 Å². The first kappa shape index (κ1) is 11.0. The second kappa shape index (κ2) is 4.14. The number of hydrogen-bond donors (Lipinski definition) is 1. The van der Waals surface area contributed by atoms with Crippen LogP contribution < -0.4 is 5.32 Å². The summed E-state index contributed by atoms with van der Waals surface area (Å²) in [6.45, 7) is 0. The summed E-state index contributed by atoms with van der Waals surface area (Å²) >= 11 is 9.23. The molecule has 0 unspecified atom stereocenters. The topological polar surface area (TPSA) is 29.1 Å². The van der Waals surface area contributed by atoms with Gasteiger partial charge in [-0.2, -0.15) is 0 Å². The lowest BCUT2D eigenvalue weighted by atomic mass is 10.2. The molecule has 0 aromatic heterocycles. The lowest BCUT2D eigenvalue weighted by molar-refractivity contribution is 0.0936. The normalized spacial score (nSPS) is 17.2. The third-order valence-corrected chi connectivity index (χ3v) is 3.88. The van der Waals surface area contributed by atoms with Gasteiger partial charge in [0.05, 0.1) is 5.54 Å². The number of amides is 1. The number of halogens is 2. The molecule has 1 aromatic rings. The second-order valence-electron chi connectivity index (χ2n) is 3.88. The zero-order chi connectivity index (χ0) is 10.9. The van der Waals surface area contributed by atoms with Gasteiger partial charge in [0.15, 0.2) is 0 Å². The van der Waals surface area contributed by atoms with E-state index >= 15 is 0 Å². The Kier molecular flexibility index (Phi) is 3.03. The van der Waals surface area contributed by atoms with Crippen LogP contribution in [0.4, 0.5) is 0 Å². The summed E-state index contributed by atoms with van der Waals surface area (Å²) < 4.78 is 0. The highest BCUT2D eigenvalue weighted by Gasteiger charge is 2.42. The van der Waals surface area contributed by atoms with Crippen molar-refractivity contribution < 1.29 is 4.79 Å². The predicted octanol–water partition coefficient (Wildman–Crippen LogP) is 3.00. The fourth-order valence-corrected chi connectivity index (χ4v) is 2.28. The monoisotopic (exact) mass is 287 g/mol. The Bertz CT molecular complexity index is 390. The van der Waals surface area contributed by atoms with Crippen LogP contribution in [0.3, 0.4) is 0 Å². The molecule has 0 spiro atoms. The summed E-state index contributed by atoms with van der Waals surface area (Å²) in [5, 5.41) is 4.42. The van der Waals surface area contributed by atoms with Gasteiger partial charge in [-0.25, -0.2) is 0 Å². The van der Waals surface area contributed by atoms with Crippen LogP contribution in [0.15, 0.2) is 24.3 Å². The number of nitrogens with one attached hydrogen (secondary N) is 1. The van der Waals surface area contributed by atoms with Crippen LogP contribution >= 0.6 is 27.5 Å². The zero-order valence-corrected chi connectivity index (χ0v) is 10.4. The molecule has 1 aromatic carbocycles. The van der Waals surface area contributed by atoms with Crippen LogP contribution in [0.25, 0.3) is 0 Å². The van der Waals surface area contributed by atoms with E-state index in [4.69, 9.17) is 11.6 Å². The Morgan fingerprint density at radius 3 is 2.80 bits per heavy atom. The molecular weight excluding hydrogens is 277 g/mol. The molecule has 1 amide bonds. The van der Waals surface area contributed by atoms with Crippen LogP contribution in [-0.4, -0.2) is 16.8 Å². The number of carbonyl (C=O) groups is 1. The lowest BCUT2D eigenvalue weighted by Gasteiger charge is -2.14. The number of hydrogen-bond acceptors (Lipinski definition) is 1. The first-order valence-corrected chi connectivity index (χ1v) is 6.29. The van der Waals surface area contributed by atoms with Crippen molar-refractivity contribution in [1.29, 1.82) is 0 Å². The quantitative estimate of drug-likeness (QED) is 0.851. The Hall–Kier alpha value is -0.540. The first-order chi connectivity index (χ1) is 7.15. The highest BCUT2D eigenvalue weighted by atomic mass is 79.9. The Labute approximate surface area is 102 Å². The molecule has 0 aliphatic heterocycles. The average Bonchev–Trinajstić information content (AvgIpc) is 2.98. The second-order valence-corrected chi connectivity index (χ2v) is 4.88. The Morgan fingerprint density at radius 1 is 1.53 bits per heavy atom. The molecule has 0 saturated heterocycles. The van der Waals surface area contributed by atoms with Crippen molar-refractivity contribution in [2.45, 2.75) is 18.4 Å². The molecule has 80 valence electrons. The molecule has 0 heterocycles. The molecule has 1 saturated carbocycles. The largest absolute Gasteiger partial charge is 0.346 e. The van der Waals surface area contributed by atoms with Gasteiger partial charge in [0.1, 0.15) is 0 Å². The summed E-state index contributed by atoms with van der Waals surface area (Å²) in [5.74, 6) is -0.0468. The average molecular weight is 289 g/mol. The van der Waals surface area contributed by atoms with Gasteiger partial charge >= 0.3 is 0 Å². The van der Waals surface area contributed by atoms with E-state index in [0.29, 0.717) is 10.6 Å². The third kappa shape index (κ3) is 2.52. The first-order valence-electron chi connectivity index (χ1n) is 4.79. The van der Waals surface area contributed by atoms with E-state index in [2.05, 4.69) is 21.2 Å². The van der Waals surface area contributed by atoms with Gasteiger partial charge in [0.25, 0.3) is 5.91 Å². The summed E-state index contributed by atoms with van der Waals surface area (Å²) in [5.41, 5.74) is 0.606. The van der Waals surface area contributed by atoms with E-state index < -0.39 is 0 Å². The van der Waals surface area contributed by atoms with Crippen molar-refractivity contribution >= 4 is 33.4 Å². The van der Waals surface area contributed by atoms with E-state index in [9.17, 15) is 4.79 Å². The molecule has 0 bridgehead atoms. The van der Waals surface area contributed by atoms with Crippen molar-refractivity contribution in [3.8, 4) is 0 Å². The van der Waals surface area contributed by atoms with Crippen molar-refractivity contribution in [1.82, 2.24) is 5.32 Å². The maximum atomic E-state index is 11.8. The molecule has 1 aliphatic carbocycles. The minimum atomic E-state index is -0.0468. The molecule has 15 heavy (non-hydrogen) atoms. The van der Waals surface area contributed by atoms with Gasteiger partial charge in [-0.1, -0.05) is 33.6 Å². The number of benzene rings is 1. The van der Waals surface area contributed by atoms with E-state index in [1.807, 2.05) is 0 Å². The van der Waals surface area contributed by atoms with Crippen LogP contribution in [0.1, 0.15) is 23.2 Å². The van der Waals surface area contributed by atoms with Crippen LogP contribution in [0, 0.1) is 0 Å². The number of carbonyl (C=O) groups excluding carboxylic acids is 1. The molecule has 1 aliphatic rings. The van der Waals surface area contributed by atoms with Gasteiger partial charge < -0.3 is 5.32 Å². The maximum Gasteiger partial charge on any atom is 0.251 e. The van der Waals surface area contributed by atoms with Gasteiger partial charge in [-0.05, 0) is 31.0 Å². The lowest BCUT2D eigenvalue weighted by Crippen LogP contribution is -2.38. The molecule has 1 N–H and O–H groups in total. The van der Waals surface area contributed by atoms with Gasteiger partial charge in [0, 0.05) is 15.9 Å². The van der Waals surface area contributed by atoms with Crippen LogP contribution in [-0.2, 0) is 0 Å². The molecular formula is C11H11BrClNO. The minimum absolute atomic E-state index is 0.0145. The van der Waals surface area contributed by atoms with E-state index in [1.54, 1.807) is 24.3 Å².